The van der Waals surface area contributed by atoms with E-state index >= 15 is 0 Å². The molecule has 4 nitrogen and oxygen atoms in total. The van der Waals surface area contributed by atoms with Gasteiger partial charge in [0.1, 0.15) is 5.82 Å². The SMILES string of the molecule is CCOCc1ccccc1CNc1nc(C2CC2)ns1. The lowest BCUT2D eigenvalue weighted by Gasteiger charge is -2.09. The number of nitrogens with one attached hydrogen (secondary N) is 1. The van der Waals surface area contributed by atoms with E-state index in [1.807, 2.05) is 13.0 Å². The number of hydrogen-bond acceptors (Lipinski definition) is 5. The summed E-state index contributed by atoms with van der Waals surface area (Å²) >= 11 is 1.46. The Kier molecular flexibility index (Phi) is 4.28. The second-order valence-electron chi connectivity index (χ2n) is 4.99. The lowest BCUT2D eigenvalue weighted by atomic mass is 10.1. The van der Waals surface area contributed by atoms with Crippen LogP contribution in [-0.4, -0.2) is 16.0 Å². The predicted molar refractivity (Wildman–Crippen MR) is 81.0 cm³/mol. The van der Waals surface area contributed by atoms with Crippen molar-refractivity contribution in [1.82, 2.24) is 9.36 Å². The van der Waals surface area contributed by atoms with Crippen LogP contribution in [0.4, 0.5) is 5.13 Å². The van der Waals surface area contributed by atoms with Gasteiger partial charge < -0.3 is 10.1 Å². The number of ether oxygens (including phenoxy) is 1. The van der Waals surface area contributed by atoms with Crippen LogP contribution in [0.1, 0.15) is 42.6 Å². The molecule has 0 spiro atoms. The zero-order chi connectivity index (χ0) is 13.8. The minimum Gasteiger partial charge on any atom is -0.377 e. The van der Waals surface area contributed by atoms with Crippen LogP contribution >= 0.6 is 11.5 Å². The Morgan fingerprint density at radius 1 is 1.30 bits per heavy atom. The summed E-state index contributed by atoms with van der Waals surface area (Å²) in [6.07, 6.45) is 2.49. The summed E-state index contributed by atoms with van der Waals surface area (Å²) in [5.74, 6) is 1.63. The molecule has 20 heavy (non-hydrogen) atoms. The fourth-order valence-corrected chi connectivity index (χ4v) is 2.71. The summed E-state index contributed by atoms with van der Waals surface area (Å²) in [6, 6.07) is 8.35. The van der Waals surface area contributed by atoms with Crippen LogP contribution in [0.25, 0.3) is 0 Å². The van der Waals surface area contributed by atoms with Crippen LogP contribution < -0.4 is 5.32 Å². The van der Waals surface area contributed by atoms with Gasteiger partial charge in [-0.1, -0.05) is 24.3 Å². The number of anilines is 1. The van der Waals surface area contributed by atoms with E-state index in [0.29, 0.717) is 12.5 Å². The average molecular weight is 289 g/mol. The Labute approximate surface area is 123 Å². The lowest BCUT2D eigenvalue weighted by Crippen LogP contribution is -2.04. The third-order valence-corrected chi connectivity index (χ3v) is 4.08. The van der Waals surface area contributed by atoms with Gasteiger partial charge in [-0.2, -0.15) is 4.37 Å². The van der Waals surface area contributed by atoms with E-state index < -0.39 is 0 Å². The van der Waals surface area contributed by atoms with Crippen molar-refractivity contribution in [1.29, 1.82) is 0 Å². The topological polar surface area (TPSA) is 47.0 Å². The molecule has 0 amide bonds. The predicted octanol–water partition coefficient (Wildman–Crippen LogP) is 3.56. The molecule has 0 unspecified atom stereocenters. The van der Waals surface area contributed by atoms with Crippen molar-refractivity contribution in [2.24, 2.45) is 0 Å². The summed E-state index contributed by atoms with van der Waals surface area (Å²) in [5.41, 5.74) is 2.48. The second kappa shape index (κ2) is 6.33. The summed E-state index contributed by atoms with van der Waals surface area (Å²) in [6.45, 7) is 4.19. The Morgan fingerprint density at radius 3 is 2.85 bits per heavy atom. The number of aromatic nitrogens is 2. The second-order valence-corrected chi connectivity index (χ2v) is 5.74. The highest BCUT2D eigenvalue weighted by Crippen LogP contribution is 2.39. The van der Waals surface area contributed by atoms with Gasteiger partial charge in [-0.05, 0) is 30.9 Å². The maximum absolute atomic E-state index is 5.50. The Morgan fingerprint density at radius 2 is 2.10 bits per heavy atom. The first kappa shape index (κ1) is 13.5. The van der Waals surface area contributed by atoms with E-state index in [0.717, 1.165) is 24.1 Å². The third-order valence-electron chi connectivity index (χ3n) is 3.39. The van der Waals surface area contributed by atoms with E-state index in [4.69, 9.17) is 4.74 Å². The van der Waals surface area contributed by atoms with Gasteiger partial charge in [0.2, 0.25) is 5.13 Å². The van der Waals surface area contributed by atoms with E-state index in [-0.39, 0.29) is 0 Å². The highest BCUT2D eigenvalue weighted by atomic mass is 32.1. The number of benzene rings is 1. The normalized spacial score (nSPS) is 14.4. The van der Waals surface area contributed by atoms with Crippen molar-refractivity contribution in [3.63, 3.8) is 0 Å². The zero-order valence-electron chi connectivity index (χ0n) is 11.6. The molecule has 0 radical (unpaired) electrons. The van der Waals surface area contributed by atoms with Gasteiger partial charge in [-0.3, -0.25) is 0 Å². The van der Waals surface area contributed by atoms with Gasteiger partial charge in [0, 0.05) is 30.6 Å². The minimum atomic E-state index is 0.618. The van der Waals surface area contributed by atoms with Crippen LogP contribution in [0.5, 0.6) is 0 Å². The number of hydrogen-bond donors (Lipinski definition) is 1. The maximum Gasteiger partial charge on any atom is 0.202 e. The molecule has 1 aliphatic carbocycles. The first-order valence-corrected chi connectivity index (χ1v) is 7.86. The first-order chi connectivity index (χ1) is 9.86. The quantitative estimate of drug-likeness (QED) is 0.846. The van der Waals surface area contributed by atoms with E-state index in [1.54, 1.807) is 0 Å². The Hall–Kier alpha value is -1.46. The van der Waals surface area contributed by atoms with Crippen LogP contribution in [0, 0.1) is 0 Å². The Bertz CT molecular complexity index is 566. The Balaban J connectivity index is 1.61. The van der Waals surface area contributed by atoms with Crippen molar-refractivity contribution in [2.45, 2.75) is 38.8 Å². The number of nitrogens with zero attached hydrogens (tertiary/aromatic N) is 2. The van der Waals surface area contributed by atoms with Gasteiger partial charge in [0.05, 0.1) is 6.61 Å². The molecule has 1 fully saturated rings. The molecular weight excluding hydrogens is 270 g/mol. The van der Waals surface area contributed by atoms with Crippen molar-refractivity contribution >= 4 is 16.7 Å². The van der Waals surface area contributed by atoms with Gasteiger partial charge >= 0.3 is 0 Å². The van der Waals surface area contributed by atoms with Gasteiger partial charge in [0.15, 0.2) is 0 Å². The summed E-state index contributed by atoms with van der Waals surface area (Å²) in [7, 11) is 0. The fraction of sp³-hybridized carbons (Fsp3) is 0.467. The summed E-state index contributed by atoms with van der Waals surface area (Å²) < 4.78 is 9.91. The van der Waals surface area contributed by atoms with Gasteiger partial charge in [0.25, 0.3) is 0 Å². The summed E-state index contributed by atoms with van der Waals surface area (Å²) in [4.78, 5) is 4.54. The van der Waals surface area contributed by atoms with E-state index in [9.17, 15) is 0 Å². The summed E-state index contributed by atoms with van der Waals surface area (Å²) in [5, 5.41) is 4.29. The van der Waals surface area contributed by atoms with Crippen molar-refractivity contribution in [2.75, 3.05) is 11.9 Å². The average Bonchev–Trinajstić information content (AvgIpc) is 3.23. The zero-order valence-corrected chi connectivity index (χ0v) is 12.4. The van der Waals surface area contributed by atoms with Gasteiger partial charge in [-0.25, -0.2) is 4.98 Å². The van der Waals surface area contributed by atoms with Crippen molar-refractivity contribution < 1.29 is 4.74 Å². The number of rotatable bonds is 7. The van der Waals surface area contributed by atoms with Crippen molar-refractivity contribution in [3.8, 4) is 0 Å². The van der Waals surface area contributed by atoms with Crippen LogP contribution in [0.15, 0.2) is 24.3 Å². The third kappa shape index (κ3) is 3.35. The molecule has 0 saturated heterocycles. The van der Waals surface area contributed by atoms with Crippen LogP contribution in [-0.2, 0) is 17.9 Å². The minimum absolute atomic E-state index is 0.618. The van der Waals surface area contributed by atoms with Crippen molar-refractivity contribution in [3.05, 3.63) is 41.2 Å². The standard InChI is InChI=1S/C15H19N3OS/c1-2-19-10-13-6-4-3-5-12(13)9-16-15-17-14(18-20-15)11-7-8-11/h3-6,11H,2,7-10H2,1H3,(H,16,17,18). The molecule has 1 aromatic heterocycles. The molecule has 0 bridgehead atoms. The largest absolute Gasteiger partial charge is 0.377 e. The first-order valence-electron chi connectivity index (χ1n) is 7.09. The monoisotopic (exact) mass is 289 g/mol. The highest BCUT2D eigenvalue weighted by molar-refractivity contribution is 7.09. The molecule has 1 aliphatic rings. The molecule has 0 aliphatic heterocycles. The molecule has 5 heteroatoms. The van der Waals surface area contributed by atoms with E-state index in [2.05, 4.69) is 32.9 Å². The smallest absolute Gasteiger partial charge is 0.202 e. The molecular formula is C15H19N3OS. The maximum atomic E-state index is 5.50. The molecule has 1 aromatic carbocycles. The van der Waals surface area contributed by atoms with E-state index in [1.165, 1.54) is 35.5 Å². The van der Waals surface area contributed by atoms with Crippen LogP contribution in [0.3, 0.4) is 0 Å². The molecule has 1 saturated carbocycles. The van der Waals surface area contributed by atoms with Crippen LogP contribution in [0.2, 0.25) is 0 Å². The fourth-order valence-electron chi connectivity index (χ4n) is 2.07. The molecule has 1 N–H and O–H groups in total. The highest BCUT2D eigenvalue weighted by Gasteiger charge is 2.27. The molecule has 106 valence electrons. The van der Waals surface area contributed by atoms with Gasteiger partial charge in [-0.15, -0.1) is 0 Å². The molecule has 1 heterocycles. The lowest BCUT2D eigenvalue weighted by molar-refractivity contribution is 0.133. The molecule has 0 atom stereocenters. The molecule has 3 rings (SSSR count). The molecule has 2 aromatic rings.